The third-order valence-electron chi connectivity index (χ3n) is 4.15. The number of azo groups is 1. The highest BCUT2D eigenvalue weighted by atomic mass is 35.5. The highest BCUT2D eigenvalue weighted by Gasteiger charge is 2.21. The van der Waals surface area contributed by atoms with Gasteiger partial charge in [-0.15, -0.1) is 10.2 Å². The molecule has 0 aliphatic heterocycles. The SMILES string of the molecule is CCC(C)n1c(O)c(C#N)c(C)c(N=Nc2cc(Cl)ccc2OC)c1=O. The fourth-order valence-corrected chi connectivity index (χ4v) is 2.63. The first-order valence-corrected chi connectivity index (χ1v) is 8.36. The van der Waals surface area contributed by atoms with Crippen LogP contribution in [0.25, 0.3) is 0 Å². The van der Waals surface area contributed by atoms with Gasteiger partial charge in [0.1, 0.15) is 23.1 Å². The van der Waals surface area contributed by atoms with Crippen LogP contribution in [0.5, 0.6) is 11.6 Å². The van der Waals surface area contributed by atoms with Crippen molar-refractivity contribution < 1.29 is 9.84 Å². The monoisotopic (exact) mass is 374 g/mol. The van der Waals surface area contributed by atoms with Crippen LogP contribution in [-0.4, -0.2) is 16.8 Å². The summed E-state index contributed by atoms with van der Waals surface area (Å²) in [6, 6.07) is 6.46. The maximum atomic E-state index is 12.8. The molecule has 1 atom stereocenters. The third-order valence-corrected chi connectivity index (χ3v) is 4.38. The molecule has 1 aromatic carbocycles. The van der Waals surface area contributed by atoms with E-state index in [1.54, 1.807) is 32.0 Å². The number of hydrogen-bond acceptors (Lipinski definition) is 6. The van der Waals surface area contributed by atoms with Crippen molar-refractivity contribution in [3.8, 4) is 17.7 Å². The van der Waals surface area contributed by atoms with Gasteiger partial charge in [-0.1, -0.05) is 18.5 Å². The quantitative estimate of drug-likeness (QED) is 0.761. The van der Waals surface area contributed by atoms with Crippen molar-refractivity contribution in [3.63, 3.8) is 0 Å². The zero-order valence-electron chi connectivity index (χ0n) is 14.9. The van der Waals surface area contributed by atoms with Crippen LogP contribution in [0.15, 0.2) is 33.2 Å². The Kier molecular flexibility index (Phi) is 6.01. The fourth-order valence-electron chi connectivity index (χ4n) is 2.47. The van der Waals surface area contributed by atoms with Gasteiger partial charge in [-0.05, 0) is 38.5 Å². The van der Waals surface area contributed by atoms with Crippen LogP contribution >= 0.6 is 11.6 Å². The number of methoxy groups -OCH3 is 1. The summed E-state index contributed by atoms with van der Waals surface area (Å²) in [4.78, 5) is 12.8. The second-order valence-corrected chi connectivity index (χ2v) is 6.17. The number of benzene rings is 1. The van der Waals surface area contributed by atoms with E-state index in [4.69, 9.17) is 16.3 Å². The first-order chi connectivity index (χ1) is 12.3. The molecule has 0 radical (unpaired) electrons. The average molecular weight is 375 g/mol. The van der Waals surface area contributed by atoms with Crippen molar-refractivity contribution in [3.05, 3.63) is 44.7 Å². The van der Waals surface area contributed by atoms with Gasteiger partial charge in [0.2, 0.25) is 5.88 Å². The number of aromatic hydroxyl groups is 1. The van der Waals surface area contributed by atoms with E-state index >= 15 is 0 Å². The third kappa shape index (κ3) is 3.55. The Balaban J connectivity index is 2.69. The maximum Gasteiger partial charge on any atom is 0.281 e. The normalized spacial score (nSPS) is 12.2. The van der Waals surface area contributed by atoms with Gasteiger partial charge in [0.05, 0.1) is 7.11 Å². The van der Waals surface area contributed by atoms with Crippen molar-refractivity contribution in [2.45, 2.75) is 33.2 Å². The van der Waals surface area contributed by atoms with E-state index < -0.39 is 5.56 Å². The molecule has 1 aromatic heterocycles. The van der Waals surface area contributed by atoms with E-state index in [1.807, 2.05) is 13.0 Å². The minimum atomic E-state index is -0.516. The molecule has 0 aliphatic carbocycles. The highest BCUT2D eigenvalue weighted by molar-refractivity contribution is 6.30. The summed E-state index contributed by atoms with van der Waals surface area (Å²) in [5, 5.41) is 28.2. The largest absolute Gasteiger partial charge is 0.494 e. The summed E-state index contributed by atoms with van der Waals surface area (Å²) < 4.78 is 6.37. The predicted octanol–water partition coefficient (Wildman–Crippen LogP) is 4.78. The van der Waals surface area contributed by atoms with Gasteiger partial charge in [-0.3, -0.25) is 9.36 Å². The number of nitrogens with zero attached hydrogens (tertiary/aromatic N) is 4. The molecule has 2 rings (SSSR count). The lowest BCUT2D eigenvalue weighted by atomic mass is 10.1. The van der Waals surface area contributed by atoms with E-state index in [9.17, 15) is 15.2 Å². The summed E-state index contributed by atoms with van der Waals surface area (Å²) in [6.07, 6.45) is 0.597. The van der Waals surface area contributed by atoms with Crippen molar-refractivity contribution in [2.24, 2.45) is 10.2 Å². The van der Waals surface area contributed by atoms with Crippen LogP contribution in [0.3, 0.4) is 0 Å². The molecule has 0 bridgehead atoms. The summed E-state index contributed by atoms with van der Waals surface area (Å²) in [6.45, 7) is 5.20. The van der Waals surface area contributed by atoms with Gasteiger partial charge in [-0.2, -0.15) is 5.26 Å². The summed E-state index contributed by atoms with van der Waals surface area (Å²) in [7, 11) is 1.48. The van der Waals surface area contributed by atoms with Crippen molar-refractivity contribution in [1.82, 2.24) is 4.57 Å². The van der Waals surface area contributed by atoms with Gasteiger partial charge in [0.25, 0.3) is 5.56 Å². The molecule has 0 saturated heterocycles. The molecule has 0 spiro atoms. The van der Waals surface area contributed by atoms with Crippen LogP contribution in [0.4, 0.5) is 11.4 Å². The summed E-state index contributed by atoms with van der Waals surface area (Å²) in [5.74, 6) is 0.0842. The first-order valence-electron chi connectivity index (χ1n) is 7.99. The van der Waals surface area contributed by atoms with Crippen LogP contribution in [0.2, 0.25) is 5.02 Å². The molecule has 2 aromatic rings. The molecular weight excluding hydrogens is 356 g/mol. The van der Waals surface area contributed by atoms with Crippen molar-refractivity contribution in [2.75, 3.05) is 7.11 Å². The Morgan fingerprint density at radius 3 is 2.69 bits per heavy atom. The summed E-state index contributed by atoms with van der Waals surface area (Å²) >= 11 is 5.97. The van der Waals surface area contributed by atoms with Crippen molar-refractivity contribution >= 4 is 23.0 Å². The number of nitriles is 1. The number of ether oxygens (including phenoxy) is 1. The van der Waals surface area contributed by atoms with E-state index in [1.165, 1.54) is 7.11 Å². The lowest BCUT2D eigenvalue weighted by molar-refractivity contribution is 0.372. The predicted molar refractivity (Wildman–Crippen MR) is 99.0 cm³/mol. The molecule has 1 unspecified atom stereocenters. The lowest BCUT2D eigenvalue weighted by Gasteiger charge is -2.17. The van der Waals surface area contributed by atoms with Gasteiger partial charge < -0.3 is 9.84 Å². The van der Waals surface area contributed by atoms with Gasteiger partial charge >= 0.3 is 0 Å². The topological polar surface area (TPSA) is 100.0 Å². The van der Waals surface area contributed by atoms with Gasteiger partial charge in [-0.25, -0.2) is 0 Å². The summed E-state index contributed by atoms with van der Waals surface area (Å²) in [5.41, 5.74) is 0.0800. The van der Waals surface area contributed by atoms with E-state index in [2.05, 4.69) is 10.2 Å². The Morgan fingerprint density at radius 1 is 1.42 bits per heavy atom. The molecule has 0 amide bonds. The molecule has 26 heavy (non-hydrogen) atoms. The molecule has 8 heteroatoms. The van der Waals surface area contributed by atoms with Gasteiger partial charge in [0, 0.05) is 16.6 Å². The molecule has 0 fully saturated rings. The average Bonchev–Trinajstić information content (AvgIpc) is 2.61. The standard InChI is InChI=1S/C18H19ClN4O3/c1-5-10(2)23-17(24)13(9-20)11(3)16(18(23)25)22-21-14-8-12(19)6-7-15(14)26-4/h6-8,10,24H,5H2,1-4H3. The molecule has 0 aliphatic rings. The number of pyridine rings is 1. The van der Waals surface area contributed by atoms with Gasteiger partial charge in [0.15, 0.2) is 5.69 Å². The number of halogens is 1. The van der Waals surface area contributed by atoms with Crippen LogP contribution in [0.1, 0.15) is 37.4 Å². The minimum absolute atomic E-state index is 0.00286. The Labute approximate surface area is 156 Å². The maximum absolute atomic E-state index is 12.8. The molecule has 136 valence electrons. The number of hydrogen-bond donors (Lipinski definition) is 1. The zero-order valence-corrected chi connectivity index (χ0v) is 15.7. The molecule has 1 heterocycles. The minimum Gasteiger partial charge on any atom is -0.494 e. The number of aromatic nitrogens is 1. The fraction of sp³-hybridized carbons (Fsp3) is 0.333. The Hall–Kier alpha value is -2.85. The van der Waals surface area contributed by atoms with E-state index in [0.29, 0.717) is 22.9 Å². The van der Waals surface area contributed by atoms with Crippen molar-refractivity contribution in [1.29, 1.82) is 5.26 Å². The Bertz CT molecular complexity index is 960. The smallest absolute Gasteiger partial charge is 0.281 e. The zero-order chi connectivity index (χ0) is 19.4. The Morgan fingerprint density at radius 2 is 2.12 bits per heavy atom. The number of rotatable bonds is 5. The molecule has 7 nitrogen and oxygen atoms in total. The van der Waals surface area contributed by atoms with E-state index in [0.717, 1.165) is 4.57 Å². The highest BCUT2D eigenvalue weighted by Crippen LogP contribution is 2.33. The second-order valence-electron chi connectivity index (χ2n) is 5.73. The first kappa shape index (κ1) is 19.5. The lowest BCUT2D eigenvalue weighted by Crippen LogP contribution is -2.24. The molecule has 0 saturated carbocycles. The van der Waals surface area contributed by atoms with Crippen LogP contribution in [0, 0.1) is 18.3 Å². The second kappa shape index (κ2) is 8.02. The van der Waals surface area contributed by atoms with Crippen LogP contribution < -0.4 is 10.3 Å². The molecule has 1 N–H and O–H groups in total. The van der Waals surface area contributed by atoms with Crippen LogP contribution in [-0.2, 0) is 0 Å². The van der Waals surface area contributed by atoms with E-state index in [-0.39, 0.29) is 28.7 Å². The molecular formula is C18H19ClN4O3.